The van der Waals surface area contributed by atoms with Crippen LogP contribution in [0.1, 0.15) is 30.9 Å². The molecule has 0 bridgehead atoms. The molecule has 1 unspecified atom stereocenters. The zero-order valence-corrected chi connectivity index (χ0v) is 13.4. The molecule has 1 aromatic rings. The van der Waals surface area contributed by atoms with E-state index in [0.29, 0.717) is 5.56 Å². The highest BCUT2D eigenvalue weighted by Gasteiger charge is 2.25. The summed E-state index contributed by atoms with van der Waals surface area (Å²) in [6.45, 7) is 0. The van der Waals surface area contributed by atoms with Crippen molar-refractivity contribution in [3.63, 3.8) is 0 Å². The maximum absolute atomic E-state index is 13.6. The van der Waals surface area contributed by atoms with Crippen molar-refractivity contribution in [2.75, 3.05) is 11.5 Å². The molecule has 1 amide bonds. The maximum atomic E-state index is 13.6. The number of aliphatic carboxylic acids is 1. The van der Waals surface area contributed by atoms with Crippen molar-refractivity contribution in [1.82, 2.24) is 5.32 Å². The lowest BCUT2D eigenvalue weighted by atomic mass is 9.98. The molecule has 1 fully saturated rings. The van der Waals surface area contributed by atoms with Crippen LogP contribution in [0.15, 0.2) is 18.2 Å². The van der Waals surface area contributed by atoms with E-state index < -0.39 is 17.8 Å². The molecule has 7 heteroatoms. The minimum absolute atomic E-state index is 0.0338. The standard InChI is InChI=1S/C15H17ClFNO3S/c16-11-2-1-10(7-12(11)17)13(8-14(19)20)18-15(21)9-3-5-22-6-4-9/h1-2,7,9,13H,3-6,8H2,(H,18,21)(H,19,20). The van der Waals surface area contributed by atoms with Crippen molar-refractivity contribution in [2.24, 2.45) is 5.92 Å². The van der Waals surface area contributed by atoms with E-state index in [1.54, 1.807) is 0 Å². The third-order valence-corrected chi connectivity index (χ3v) is 4.99. The van der Waals surface area contributed by atoms with Crippen LogP contribution < -0.4 is 5.32 Å². The number of carboxylic acid groups (broad SMARTS) is 1. The van der Waals surface area contributed by atoms with Gasteiger partial charge in [0.05, 0.1) is 17.5 Å². The van der Waals surface area contributed by atoms with Crippen LogP contribution in [0.4, 0.5) is 4.39 Å². The summed E-state index contributed by atoms with van der Waals surface area (Å²) in [4.78, 5) is 23.3. The number of nitrogens with one attached hydrogen (secondary N) is 1. The number of carbonyl (C=O) groups is 2. The Morgan fingerprint density at radius 3 is 2.68 bits per heavy atom. The van der Waals surface area contributed by atoms with Crippen LogP contribution in [0.3, 0.4) is 0 Å². The molecule has 1 aliphatic rings. The van der Waals surface area contributed by atoms with E-state index in [4.69, 9.17) is 16.7 Å². The number of thioether (sulfide) groups is 1. The molecule has 0 spiro atoms. The Balaban J connectivity index is 2.12. The molecule has 1 atom stereocenters. The number of hydrogen-bond donors (Lipinski definition) is 2. The summed E-state index contributed by atoms with van der Waals surface area (Å²) < 4.78 is 13.6. The van der Waals surface area contributed by atoms with Gasteiger partial charge in [0.25, 0.3) is 0 Å². The molecule has 0 radical (unpaired) electrons. The van der Waals surface area contributed by atoms with Gasteiger partial charge in [-0.1, -0.05) is 17.7 Å². The fourth-order valence-electron chi connectivity index (χ4n) is 2.41. The summed E-state index contributed by atoms with van der Waals surface area (Å²) in [6.07, 6.45) is 1.27. The summed E-state index contributed by atoms with van der Waals surface area (Å²) >= 11 is 7.44. The zero-order chi connectivity index (χ0) is 16.1. The van der Waals surface area contributed by atoms with Gasteiger partial charge in [-0.3, -0.25) is 9.59 Å². The van der Waals surface area contributed by atoms with E-state index in [-0.39, 0.29) is 23.3 Å². The third kappa shape index (κ3) is 4.61. The molecule has 4 nitrogen and oxygen atoms in total. The topological polar surface area (TPSA) is 66.4 Å². The zero-order valence-electron chi connectivity index (χ0n) is 11.9. The minimum atomic E-state index is -1.06. The third-order valence-electron chi connectivity index (χ3n) is 3.63. The van der Waals surface area contributed by atoms with Gasteiger partial charge in [-0.25, -0.2) is 4.39 Å². The first-order chi connectivity index (χ1) is 10.5. The fraction of sp³-hybridized carbons (Fsp3) is 0.467. The van der Waals surface area contributed by atoms with Gasteiger partial charge in [0.15, 0.2) is 0 Å². The largest absolute Gasteiger partial charge is 0.481 e. The molecular weight excluding hydrogens is 329 g/mol. The van der Waals surface area contributed by atoms with E-state index in [9.17, 15) is 14.0 Å². The van der Waals surface area contributed by atoms with Gasteiger partial charge < -0.3 is 10.4 Å². The smallest absolute Gasteiger partial charge is 0.305 e. The first-order valence-electron chi connectivity index (χ1n) is 7.02. The Hall–Kier alpha value is -1.27. The lowest BCUT2D eigenvalue weighted by molar-refractivity contribution is -0.138. The minimum Gasteiger partial charge on any atom is -0.481 e. The highest BCUT2D eigenvalue weighted by atomic mass is 35.5. The van der Waals surface area contributed by atoms with Crippen LogP contribution in [-0.4, -0.2) is 28.5 Å². The summed E-state index contributed by atoms with van der Waals surface area (Å²) in [5.41, 5.74) is 0.405. The van der Waals surface area contributed by atoms with Crippen LogP contribution in [0, 0.1) is 11.7 Å². The molecule has 1 saturated heterocycles. The Morgan fingerprint density at radius 2 is 2.09 bits per heavy atom. The predicted octanol–water partition coefficient (Wildman–Crippen LogP) is 3.25. The molecule has 1 aliphatic heterocycles. The van der Waals surface area contributed by atoms with Crippen LogP contribution in [0.25, 0.3) is 0 Å². The van der Waals surface area contributed by atoms with E-state index in [1.807, 2.05) is 11.8 Å². The number of benzene rings is 1. The molecule has 0 aromatic heterocycles. The Bertz CT molecular complexity index is 564. The second kappa shape index (κ2) is 7.83. The van der Waals surface area contributed by atoms with E-state index in [0.717, 1.165) is 24.3 Å². The summed E-state index contributed by atoms with van der Waals surface area (Å²) in [6, 6.07) is 3.32. The van der Waals surface area contributed by atoms with Gasteiger partial charge in [-0.2, -0.15) is 11.8 Å². The second-order valence-electron chi connectivity index (χ2n) is 5.22. The van der Waals surface area contributed by atoms with E-state index in [2.05, 4.69) is 5.32 Å². The normalized spacial score (nSPS) is 17.0. The van der Waals surface area contributed by atoms with Crippen LogP contribution >= 0.6 is 23.4 Å². The molecule has 0 aliphatic carbocycles. The number of hydrogen-bond acceptors (Lipinski definition) is 3. The second-order valence-corrected chi connectivity index (χ2v) is 6.85. The monoisotopic (exact) mass is 345 g/mol. The lowest BCUT2D eigenvalue weighted by Crippen LogP contribution is -2.36. The van der Waals surface area contributed by atoms with Crippen molar-refractivity contribution < 1.29 is 19.1 Å². The summed E-state index contributed by atoms with van der Waals surface area (Å²) in [5.74, 6) is -0.0940. The Kier molecular flexibility index (Phi) is 6.08. The number of amides is 1. The highest BCUT2D eigenvalue weighted by Crippen LogP contribution is 2.26. The van der Waals surface area contributed by atoms with Gasteiger partial charge >= 0.3 is 5.97 Å². The van der Waals surface area contributed by atoms with Crippen LogP contribution in [0.2, 0.25) is 5.02 Å². The molecule has 22 heavy (non-hydrogen) atoms. The maximum Gasteiger partial charge on any atom is 0.305 e. The molecule has 1 heterocycles. The number of rotatable bonds is 5. The van der Waals surface area contributed by atoms with Crippen molar-refractivity contribution in [3.8, 4) is 0 Å². The van der Waals surface area contributed by atoms with Crippen molar-refractivity contribution in [1.29, 1.82) is 0 Å². The van der Waals surface area contributed by atoms with Gasteiger partial charge in [0.2, 0.25) is 5.91 Å². The lowest BCUT2D eigenvalue weighted by Gasteiger charge is -2.24. The average molecular weight is 346 g/mol. The van der Waals surface area contributed by atoms with Gasteiger partial charge in [-0.15, -0.1) is 0 Å². The van der Waals surface area contributed by atoms with Crippen molar-refractivity contribution in [2.45, 2.75) is 25.3 Å². The molecule has 0 saturated carbocycles. The van der Waals surface area contributed by atoms with Gasteiger partial charge in [0, 0.05) is 5.92 Å². The van der Waals surface area contributed by atoms with Gasteiger partial charge in [-0.05, 0) is 42.0 Å². The highest BCUT2D eigenvalue weighted by molar-refractivity contribution is 7.99. The average Bonchev–Trinajstić information content (AvgIpc) is 2.49. The number of carboxylic acids is 1. The Labute approximate surface area is 137 Å². The molecule has 1 aromatic carbocycles. The molecule has 2 N–H and O–H groups in total. The quantitative estimate of drug-likeness (QED) is 0.859. The number of carbonyl (C=O) groups excluding carboxylic acids is 1. The predicted molar refractivity (Wildman–Crippen MR) is 84.6 cm³/mol. The summed E-state index contributed by atoms with van der Waals surface area (Å²) in [5, 5.41) is 11.7. The fourth-order valence-corrected chi connectivity index (χ4v) is 3.63. The first-order valence-corrected chi connectivity index (χ1v) is 8.55. The first kappa shape index (κ1) is 17.1. The molecule has 2 rings (SSSR count). The van der Waals surface area contributed by atoms with Gasteiger partial charge in [0.1, 0.15) is 5.82 Å². The SMILES string of the molecule is O=C(O)CC(NC(=O)C1CCSCC1)c1ccc(Cl)c(F)c1. The summed E-state index contributed by atoms with van der Waals surface area (Å²) in [7, 11) is 0. The van der Waals surface area contributed by atoms with Crippen molar-refractivity contribution >= 4 is 35.2 Å². The number of halogens is 2. The van der Waals surface area contributed by atoms with Crippen LogP contribution in [-0.2, 0) is 9.59 Å². The Morgan fingerprint density at radius 1 is 1.41 bits per heavy atom. The molecular formula is C15H17ClFNO3S. The van der Waals surface area contributed by atoms with Crippen molar-refractivity contribution in [3.05, 3.63) is 34.6 Å². The van der Waals surface area contributed by atoms with Crippen LogP contribution in [0.5, 0.6) is 0 Å². The van der Waals surface area contributed by atoms with E-state index >= 15 is 0 Å². The molecule has 120 valence electrons. The van der Waals surface area contributed by atoms with E-state index in [1.165, 1.54) is 18.2 Å².